The van der Waals surface area contributed by atoms with Crippen LogP contribution in [0.4, 0.5) is 22.7 Å². The average Bonchev–Trinajstić information content (AvgIpc) is 3.82. The van der Waals surface area contributed by atoms with Gasteiger partial charge in [-0.25, -0.2) is 9.97 Å². The number of fused-ring (bicyclic) bond motifs is 2. The molecule has 0 aliphatic rings. The smallest absolute Gasteiger partial charge is 0.369 e. The topological polar surface area (TPSA) is 165 Å². The molecule has 2 heterocycles. The first kappa shape index (κ1) is 43.4. The van der Waals surface area contributed by atoms with Crippen molar-refractivity contribution < 1.29 is 25.2 Å². The molecule has 0 aliphatic heterocycles. The molecule has 6 aromatic carbocycles. The molecule has 0 atom stereocenters. The highest BCUT2D eigenvalue weighted by Crippen LogP contribution is 2.39. The second-order valence-electron chi connectivity index (χ2n) is 12.8. The maximum absolute atomic E-state index is 10.3. The summed E-state index contributed by atoms with van der Waals surface area (Å²) in [5.41, 5.74) is 8.67. The summed E-state index contributed by atoms with van der Waals surface area (Å²) >= 11 is 12.4. The van der Waals surface area contributed by atoms with Gasteiger partial charge in [-0.3, -0.25) is 0 Å². The fraction of sp³-hybridized carbons (Fsp3) is 0.0952. The standard InChI is InChI=1S/C22H19N3O2S.C20H15N3O3S.BBr3/c1-13-4-7-19-21(10-13)28-22(23-19)15-5-8-18(20(12-15)27-3)25-24-17-9-6-16(26)11-14(17)2;1-11-8-13(24)3-6-15(11)22-23-16-5-2-12(9-18(16)26)20-21-17-7-4-14(25)10-19(17)27-20;2-1(3)4/h4-12,26H,1-3H3;2-10,24-26H,1H3;. The summed E-state index contributed by atoms with van der Waals surface area (Å²) in [5.74, 6) is 1.20. The highest BCUT2D eigenvalue weighted by Gasteiger charge is 2.12. The van der Waals surface area contributed by atoms with Gasteiger partial charge in [-0.05, 0) is 141 Å². The maximum atomic E-state index is 10.3. The van der Waals surface area contributed by atoms with Crippen LogP contribution in [0, 0.1) is 20.8 Å². The zero-order valence-corrected chi connectivity index (χ0v) is 38.2. The molecule has 0 bridgehead atoms. The summed E-state index contributed by atoms with van der Waals surface area (Å²) in [6, 6.07) is 31.9. The van der Waals surface area contributed by atoms with E-state index in [0.717, 1.165) is 48.0 Å². The van der Waals surface area contributed by atoms with Crippen LogP contribution in [0.1, 0.15) is 16.7 Å². The molecule has 298 valence electrons. The number of phenols is 4. The fourth-order valence-electron chi connectivity index (χ4n) is 5.55. The minimum absolute atomic E-state index is 0.00483. The molecular weight excluding hydrogens is 983 g/mol. The number of rotatable bonds is 7. The van der Waals surface area contributed by atoms with E-state index < -0.39 is 0 Å². The quantitative estimate of drug-likeness (QED) is 0.0911. The number of phenolic OH excluding ortho intramolecular Hbond substituents is 4. The predicted molar refractivity (Wildman–Crippen MR) is 251 cm³/mol. The maximum Gasteiger partial charge on any atom is 0.369 e. The minimum Gasteiger partial charge on any atom is -0.508 e. The van der Waals surface area contributed by atoms with E-state index in [1.165, 1.54) is 27.7 Å². The first-order valence-electron chi connectivity index (χ1n) is 17.6. The number of halogens is 3. The number of ether oxygens (including phenoxy) is 1. The van der Waals surface area contributed by atoms with E-state index in [1.54, 1.807) is 79.1 Å². The molecule has 8 aromatic rings. The molecule has 17 heteroatoms. The highest BCUT2D eigenvalue weighted by atomic mass is 79.9. The van der Waals surface area contributed by atoms with E-state index in [4.69, 9.17) is 9.72 Å². The summed E-state index contributed by atoms with van der Waals surface area (Å²) in [4.78, 5) is 9.25. The van der Waals surface area contributed by atoms with Crippen molar-refractivity contribution in [2.45, 2.75) is 20.8 Å². The number of aromatic nitrogens is 2. The zero-order valence-electron chi connectivity index (χ0n) is 31.8. The molecule has 0 saturated carbocycles. The Labute approximate surface area is 372 Å². The third-order valence-electron chi connectivity index (χ3n) is 8.46. The Bertz CT molecular complexity index is 2830. The van der Waals surface area contributed by atoms with Crippen LogP contribution in [0.5, 0.6) is 28.7 Å². The molecule has 2 aromatic heterocycles. The highest BCUT2D eigenvalue weighted by molar-refractivity contribution is 9.69. The van der Waals surface area contributed by atoms with Crippen molar-refractivity contribution >= 4 is 116 Å². The van der Waals surface area contributed by atoms with Crippen LogP contribution < -0.4 is 4.74 Å². The van der Waals surface area contributed by atoms with E-state index in [2.05, 4.69) is 91.8 Å². The van der Waals surface area contributed by atoms with Gasteiger partial charge >= 0.3 is 3.18 Å². The van der Waals surface area contributed by atoms with Crippen molar-refractivity contribution in [1.29, 1.82) is 0 Å². The lowest BCUT2D eigenvalue weighted by Crippen LogP contribution is -1.85. The Morgan fingerprint density at radius 1 is 0.525 bits per heavy atom. The Balaban J connectivity index is 0.000000182. The number of thiazole rings is 2. The average molecular weight is 1020 g/mol. The first-order chi connectivity index (χ1) is 28.3. The second kappa shape index (κ2) is 19.7. The van der Waals surface area contributed by atoms with E-state index in [1.807, 2.05) is 44.2 Å². The molecule has 59 heavy (non-hydrogen) atoms. The zero-order chi connectivity index (χ0) is 42.2. The van der Waals surface area contributed by atoms with Gasteiger partial charge in [-0.15, -0.1) is 80.2 Å². The van der Waals surface area contributed by atoms with Crippen molar-refractivity contribution in [3.8, 4) is 49.9 Å². The molecule has 4 N–H and O–H groups in total. The lowest BCUT2D eigenvalue weighted by Gasteiger charge is -2.06. The number of methoxy groups -OCH3 is 1. The molecule has 11 nitrogen and oxygen atoms in total. The van der Waals surface area contributed by atoms with E-state index in [-0.39, 0.29) is 26.2 Å². The number of azo groups is 2. The monoisotopic (exact) mass is 1010 g/mol. The van der Waals surface area contributed by atoms with Gasteiger partial charge in [0.1, 0.15) is 50.1 Å². The Kier molecular flexibility index (Phi) is 14.5. The van der Waals surface area contributed by atoms with Crippen LogP contribution in [0.25, 0.3) is 41.6 Å². The fourth-order valence-corrected chi connectivity index (χ4v) is 7.60. The molecule has 0 saturated heterocycles. The lowest BCUT2D eigenvalue weighted by atomic mass is 10.2. The predicted octanol–water partition coefficient (Wildman–Crippen LogP) is 14.7. The SMILES string of the molecule is BrB(Br)Br.COc1cc(-c2nc3ccc(C)cc3s2)ccc1N=Nc1ccc(O)cc1C.Cc1cc(O)ccc1N=Nc1ccc(-c2nc3ccc(O)cc3s2)cc1O. The van der Waals surface area contributed by atoms with Gasteiger partial charge in [0, 0.05) is 11.1 Å². The van der Waals surface area contributed by atoms with Crippen LogP contribution in [0.2, 0.25) is 0 Å². The van der Waals surface area contributed by atoms with Gasteiger partial charge in [-0.2, -0.15) is 10.2 Å². The molecule has 0 spiro atoms. The van der Waals surface area contributed by atoms with Crippen molar-refractivity contribution in [3.05, 3.63) is 126 Å². The molecule has 0 aliphatic carbocycles. The number of aromatic hydroxyl groups is 4. The normalized spacial score (nSPS) is 11.1. The first-order valence-corrected chi connectivity index (χ1v) is 22.0. The van der Waals surface area contributed by atoms with Crippen LogP contribution in [0.3, 0.4) is 0 Å². The summed E-state index contributed by atoms with van der Waals surface area (Å²) in [7, 11) is 1.62. The summed E-state index contributed by atoms with van der Waals surface area (Å²) in [6.07, 6.45) is 0. The van der Waals surface area contributed by atoms with Crippen molar-refractivity contribution in [2.75, 3.05) is 7.11 Å². The van der Waals surface area contributed by atoms with Gasteiger partial charge in [0.2, 0.25) is 0 Å². The summed E-state index contributed by atoms with van der Waals surface area (Å²) in [5, 5.41) is 57.4. The largest absolute Gasteiger partial charge is 0.508 e. The van der Waals surface area contributed by atoms with Gasteiger partial charge < -0.3 is 25.2 Å². The van der Waals surface area contributed by atoms with Crippen molar-refractivity contribution in [3.63, 3.8) is 0 Å². The molecule has 0 amide bonds. The van der Waals surface area contributed by atoms with E-state index in [9.17, 15) is 20.4 Å². The van der Waals surface area contributed by atoms with Crippen molar-refractivity contribution in [1.82, 2.24) is 9.97 Å². The third kappa shape index (κ3) is 11.5. The minimum atomic E-state index is -0.00483. The Morgan fingerprint density at radius 2 is 0.966 bits per heavy atom. The Hall–Kier alpha value is -5.20. The Morgan fingerprint density at radius 3 is 1.51 bits per heavy atom. The van der Waals surface area contributed by atoms with E-state index >= 15 is 0 Å². The summed E-state index contributed by atoms with van der Waals surface area (Å²) in [6.45, 7) is 5.78. The number of hydrogen-bond acceptors (Lipinski definition) is 13. The second-order valence-corrected chi connectivity index (χ2v) is 21.3. The number of nitrogens with zero attached hydrogens (tertiary/aromatic N) is 6. The van der Waals surface area contributed by atoms with Crippen LogP contribution in [-0.4, -0.2) is 40.7 Å². The lowest BCUT2D eigenvalue weighted by molar-refractivity contribution is 0.416. The van der Waals surface area contributed by atoms with E-state index in [0.29, 0.717) is 28.5 Å². The van der Waals surface area contributed by atoms with Gasteiger partial charge in [0.15, 0.2) is 0 Å². The number of aryl methyl sites for hydroxylation is 3. The molecule has 8 rings (SSSR count). The van der Waals surface area contributed by atoms with Crippen LogP contribution in [0.15, 0.2) is 130 Å². The number of benzene rings is 6. The van der Waals surface area contributed by atoms with Crippen molar-refractivity contribution in [2.24, 2.45) is 20.5 Å². The molecule has 0 fully saturated rings. The van der Waals surface area contributed by atoms with Gasteiger partial charge in [-0.1, -0.05) is 6.07 Å². The van der Waals surface area contributed by atoms with Crippen LogP contribution >= 0.6 is 69.9 Å². The third-order valence-corrected chi connectivity index (χ3v) is 10.6. The number of hydrogen-bond donors (Lipinski definition) is 4. The molecule has 0 radical (unpaired) electrons. The van der Waals surface area contributed by atoms with Crippen LogP contribution in [-0.2, 0) is 0 Å². The summed E-state index contributed by atoms with van der Waals surface area (Å²) < 4.78 is 7.83. The molecule has 0 unspecified atom stereocenters. The van der Waals surface area contributed by atoms with Gasteiger partial charge in [0.05, 0.1) is 38.9 Å². The molecular formula is C42H34BBr3N6O5S2. The van der Waals surface area contributed by atoms with Gasteiger partial charge in [0.25, 0.3) is 0 Å².